The van der Waals surface area contributed by atoms with Crippen molar-refractivity contribution in [3.8, 4) is 84.4 Å². The third kappa shape index (κ3) is 28.2. The highest BCUT2D eigenvalue weighted by atomic mass is 19.4. The minimum absolute atomic E-state index is 0.0158. The number of benzene rings is 14. The summed E-state index contributed by atoms with van der Waals surface area (Å²) >= 11 is 0. The van der Waals surface area contributed by atoms with E-state index < -0.39 is 23.5 Å². The number of amides is 4. The number of ether oxygens (including phenoxy) is 5. The molecule has 0 aliphatic carbocycles. The van der Waals surface area contributed by atoms with E-state index in [1.165, 1.54) is 50.6 Å². The van der Waals surface area contributed by atoms with Gasteiger partial charge in [0.05, 0.1) is 46.7 Å². The summed E-state index contributed by atoms with van der Waals surface area (Å²) in [7, 11) is 7.84. The second kappa shape index (κ2) is 50.2. The van der Waals surface area contributed by atoms with Crippen LogP contribution in [0.3, 0.4) is 0 Å². The van der Waals surface area contributed by atoms with E-state index in [0.717, 1.165) is 78.8 Å². The van der Waals surface area contributed by atoms with Gasteiger partial charge in [0.25, 0.3) is 23.6 Å². The molecule has 0 saturated heterocycles. The fourth-order valence-electron chi connectivity index (χ4n) is 15.0. The normalized spacial score (nSPS) is 10.5. The van der Waals surface area contributed by atoms with E-state index in [4.69, 9.17) is 40.3 Å². The smallest absolute Gasteiger partial charge is 0.417 e. The van der Waals surface area contributed by atoms with Crippen molar-refractivity contribution in [3.05, 3.63) is 459 Å². The third-order valence-corrected chi connectivity index (χ3v) is 22.3. The highest BCUT2D eigenvalue weighted by Gasteiger charge is 2.35. The molecular formula is C118H105F3N10O13. The number of hydrogen-bond acceptors (Lipinski definition) is 18. The number of aromatic nitrogens is 4. The lowest BCUT2D eigenvalue weighted by molar-refractivity contribution is -0.137. The molecule has 23 nitrogen and oxygen atoms in total. The van der Waals surface area contributed by atoms with Gasteiger partial charge in [-0.2, -0.15) is 18.2 Å². The first-order valence-electron chi connectivity index (χ1n) is 45.5. The quantitative estimate of drug-likeness (QED) is 0.0261. The average Bonchev–Trinajstić information content (AvgIpc) is 0.759. The number of nitrogens with zero attached hydrogens (tertiary/aromatic N) is 4. The molecule has 17 aromatic rings. The van der Waals surface area contributed by atoms with Gasteiger partial charge in [-0.3, -0.25) is 28.8 Å². The van der Waals surface area contributed by atoms with E-state index in [2.05, 4.69) is 41.2 Å². The highest BCUT2D eigenvalue weighted by molar-refractivity contribution is 6.14. The summed E-state index contributed by atoms with van der Waals surface area (Å²) in [6, 6.07) is 107. The summed E-state index contributed by atoms with van der Waals surface area (Å²) in [6.07, 6.45) is -2.53. The summed E-state index contributed by atoms with van der Waals surface area (Å²) in [5.41, 5.74) is 28.6. The number of aryl methyl sites for hydroxylation is 4. The Morgan fingerprint density at radius 2 is 0.778 bits per heavy atom. The van der Waals surface area contributed by atoms with Gasteiger partial charge in [0.2, 0.25) is 5.95 Å². The lowest BCUT2D eigenvalue weighted by Gasteiger charge is -2.16. The molecule has 9 N–H and O–H groups in total. The predicted molar refractivity (Wildman–Crippen MR) is 561 cm³/mol. The summed E-state index contributed by atoms with van der Waals surface area (Å²) in [5.74, 6) is 1.88. The van der Waals surface area contributed by atoms with Gasteiger partial charge in [0.1, 0.15) is 34.7 Å². The van der Waals surface area contributed by atoms with Gasteiger partial charge in [-0.25, -0.2) is 19.7 Å². The van der Waals surface area contributed by atoms with Gasteiger partial charge in [-0.05, 0) is 248 Å². The number of para-hydroxylation sites is 1. The Kier molecular flexibility index (Phi) is 36.4. The Bertz CT molecular complexity index is 7290. The number of anilines is 6. The first kappa shape index (κ1) is 104. The molecule has 4 amide bonds. The van der Waals surface area contributed by atoms with Crippen molar-refractivity contribution in [2.45, 2.75) is 54.1 Å². The van der Waals surface area contributed by atoms with Crippen molar-refractivity contribution in [2.75, 3.05) is 68.3 Å². The van der Waals surface area contributed by atoms with Gasteiger partial charge in [-0.1, -0.05) is 213 Å². The number of halogens is 3. The van der Waals surface area contributed by atoms with Crippen LogP contribution in [0.5, 0.6) is 28.7 Å². The standard InChI is InChI=1S/C29H23F3O3.C27H27N5O3.C20H18N4O2.C20H15NO3.C20H16O2.C2H6/c1-18-8-10-19(11-9-18)22-14-12-21(17-25(22)29(30,31)32)28(33)20-13-15-27(35-3)24(16-20)23-6-4-5-7-26(23)34-2;1-16-7-9-18(10-8-16)26(33)31-21-6-4-5-19(14-21)22-12-17(13-23(34-2)24(22)35-3)11-20-15-30-27(29)32-25(20)28;1-13-5-3-7-17(21-13)23-19(25)15-9-11-16(12-10-15)20(26)24-18-8-4-6-14(2)22-18;22-19(15-9-11-16(12-10-15)20(23)24)21-18-8-4-7-17(13-18)14-5-2-1-3-6-14;1-22-17-13-11-16(12-14-17)20(21)19-10-6-5-9-18(19)15-7-3-2-4-8-15;1-2/h4-17H,1-3H3;4-10,12-15H,11H2,1-3H3,(H,31,33)(H4,28,29,30,32);3-12H,1-2H3,(H,21,23,25)(H,22,24,26);1-13H,(H,21,22)(H,23,24);2-14H,1H3;1-2H3. The zero-order valence-corrected chi connectivity index (χ0v) is 80.8. The number of rotatable bonds is 25. The van der Waals surface area contributed by atoms with Crippen LogP contribution in [0.4, 0.5) is 47.9 Å². The van der Waals surface area contributed by atoms with Crippen molar-refractivity contribution in [1.82, 2.24) is 19.9 Å². The molecule has 0 aliphatic heterocycles. The molecule has 0 radical (unpaired) electrons. The van der Waals surface area contributed by atoms with Gasteiger partial charge < -0.3 is 61.5 Å². The van der Waals surface area contributed by atoms with E-state index in [1.54, 1.807) is 149 Å². The number of pyridine rings is 2. The van der Waals surface area contributed by atoms with Crippen molar-refractivity contribution < 1.29 is 75.5 Å². The number of hydrogen-bond donors (Lipinski definition) is 7. The molecular weight excluding hydrogens is 1820 g/mol. The topological polar surface area (TPSA) is 338 Å². The van der Waals surface area contributed by atoms with Crippen LogP contribution in [0.2, 0.25) is 0 Å². The Labute approximate surface area is 832 Å². The SMILES string of the molecule is CC.COc1cc(Cc2cnc(N)nc2N)cc(-c2cccc(NC(=O)c3ccc(C)cc3)c2)c1OC.COc1ccc(C(=O)c2ccccc2-c2ccccc2)cc1.COc1ccccc1-c1cc(C(=O)c2ccc(-c3ccc(C)cc3)c(C(F)(F)F)c2)ccc1OC.Cc1cccc(NC(=O)c2ccc(C(=O)Nc3cccc(C)n3)cc2)n1.O=C(O)c1ccc(C(=O)Nc2cccc(-c3ccccc3)c2)cc1. The Morgan fingerprint density at radius 1 is 0.340 bits per heavy atom. The largest absolute Gasteiger partial charge is 0.497 e. The molecule has 17 rings (SSSR count). The number of carboxylic acid groups (broad SMARTS) is 1. The molecule has 0 spiro atoms. The monoisotopic (exact) mass is 1930 g/mol. The predicted octanol–water partition coefficient (Wildman–Crippen LogP) is 25.6. The Hall–Kier alpha value is -18.5. The number of nitrogens with two attached hydrogens (primary N) is 2. The fraction of sp³-hybridized carbons (Fsp3) is 0.110. The van der Waals surface area contributed by atoms with Gasteiger partial charge in [0.15, 0.2) is 23.1 Å². The van der Waals surface area contributed by atoms with Crippen LogP contribution in [-0.4, -0.2) is 102 Å². The maximum atomic E-state index is 14.0. The van der Waals surface area contributed by atoms with E-state index >= 15 is 0 Å². The molecule has 726 valence electrons. The molecule has 0 saturated carbocycles. The summed E-state index contributed by atoms with van der Waals surface area (Å²) in [4.78, 5) is 103. The van der Waals surface area contributed by atoms with Gasteiger partial charge >= 0.3 is 12.1 Å². The van der Waals surface area contributed by atoms with E-state index in [9.17, 15) is 46.7 Å². The van der Waals surface area contributed by atoms with Crippen LogP contribution >= 0.6 is 0 Å². The molecule has 0 atom stereocenters. The van der Waals surface area contributed by atoms with Crippen LogP contribution in [0.25, 0.3) is 55.6 Å². The second-order valence-corrected chi connectivity index (χ2v) is 32.2. The molecule has 3 aromatic heterocycles. The van der Waals surface area contributed by atoms with Gasteiger partial charge in [-0.15, -0.1) is 0 Å². The van der Waals surface area contributed by atoms with Gasteiger partial charge in [0, 0.05) is 102 Å². The van der Waals surface area contributed by atoms with Crippen LogP contribution in [0.15, 0.2) is 370 Å². The van der Waals surface area contributed by atoms with Crippen molar-refractivity contribution >= 4 is 75.9 Å². The minimum Gasteiger partial charge on any atom is -0.497 e. The number of carbonyl (C=O) groups is 7. The van der Waals surface area contributed by atoms with Crippen molar-refractivity contribution in [1.29, 1.82) is 0 Å². The second-order valence-electron chi connectivity index (χ2n) is 32.2. The fourth-order valence-corrected chi connectivity index (χ4v) is 15.0. The number of aromatic carboxylic acids is 1. The molecule has 14 aromatic carbocycles. The number of ketones is 2. The molecule has 0 fully saturated rings. The first-order chi connectivity index (χ1) is 69.5. The van der Waals surface area contributed by atoms with E-state index in [1.807, 2.05) is 242 Å². The molecule has 3 heterocycles. The molecule has 144 heavy (non-hydrogen) atoms. The van der Waals surface area contributed by atoms with Crippen LogP contribution in [0.1, 0.15) is 137 Å². The molecule has 0 bridgehead atoms. The summed E-state index contributed by atoms with van der Waals surface area (Å²) < 4.78 is 69.3. The highest BCUT2D eigenvalue weighted by Crippen LogP contribution is 2.44. The van der Waals surface area contributed by atoms with Crippen molar-refractivity contribution in [2.24, 2.45) is 0 Å². The number of carbonyl (C=O) groups excluding carboxylic acids is 6. The summed E-state index contributed by atoms with van der Waals surface area (Å²) in [5, 5.41) is 20.2. The molecule has 26 heteroatoms. The number of nitrogen functional groups attached to an aromatic ring is 2. The Balaban J connectivity index is 0.000000162. The molecule has 0 unspecified atom stereocenters. The summed E-state index contributed by atoms with van der Waals surface area (Å²) in [6.45, 7) is 11.6. The van der Waals surface area contributed by atoms with Crippen LogP contribution in [-0.2, 0) is 12.6 Å². The zero-order chi connectivity index (χ0) is 103. The number of alkyl halides is 3. The average molecular weight is 1930 g/mol. The first-order valence-corrected chi connectivity index (χ1v) is 45.5. The maximum Gasteiger partial charge on any atom is 0.417 e. The number of carboxylic acids is 1. The van der Waals surface area contributed by atoms with E-state index in [-0.39, 0.29) is 57.6 Å². The number of nitrogens with one attached hydrogen (secondary N) is 4. The van der Waals surface area contributed by atoms with E-state index in [0.29, 0.717) is 108 Å². The lowest BCUT2D eigenvalue weighted by Crippen LogP contribution is -2.15. The minimum atomic E-state index is -4.63. The maximum absolute atomic E-state index is 14.0. The number of methoxy groups -OCH3 is 5. The third-order valence-electron chi connectivity index (χ3n) is 22.3. The van der Waals surface area contributed by atoms with Crippen LogP contribution < -0.4 is 56.4 Å². The molecule has 0 aliphatic rings. The zero-order valence-electron chi connectivity index (χ0n) is 80.8. The van der Waals surface area contributed by atoms with Crippen LogP contribution in [0, 0.1) is 27.7 Å². The Morgan fingerprint density at radius 3 is 1.30 bits per heavy atom. The lowest BCUT2D eigenvalue weighted by atomic mass is 9.92. The van der Waals surface area contributed by atoms with Crippen molar-refractivity contribution in [3.63, 3.8) is 0 Å².